The Morgan fingerprint density at radius 1 is 1.12 bits per heavy atom. The number of carbonyl (C=O) groups excluding carboxylic acids is 1. The molecule has 2 aliphatic heterocycles. The predicted octanol–water partition coefficient (Wildman–Crippen LogP) is 2.55. The van der Waals surface area contributed by atoms with E-state index >= 15 is 0 Å². The van der Waals surface area contributed by atoms with E-state index in [1.54, 1.807) is 0 Å². The zero-order valence-electron chi connectivity index (χ0n) is 14.8. The van der Waals surface area contributed by atoms with E-state index in [1.165, 1.54) is 19.2 Å². The standard InChI is InChI=1S/C18H25N5O2/c1-13-15-16(19-12-20-17(15)25-21-13)23-10-6-7-14(11-23)18(24)22-8-4-2-3-5-9-22/h12,14H,2-11H2,1H3. The van der Waals surface area contributed by atoms with Crippen LogP contribution in [0.25, 0.3) is 11.1 Å². The molecule has 4 rings (SSSR count). The summed E-state index contributed by atoms with van der Waals surface area (Å²) in [7, 11) is 0. The van der Waals surface area contributed by atoms with E-state index in [-0.39, 0.29) is 5.92 Å². The number of nitrogens with zero attached hydrogens (tertiary/aromatic N) is 5. The number of hydrogen-bond donors (Lipinski definition) is 0. The molecule has 134 valence electrons. The number of aryl methyl sites for hydroxylation is 1. The minimum Gasteiger partial charge on any atom is -0.355 e. The Morgan fingerprint density at radius 2 is 1.92 bits per heavy atom. The van der Waals surface area contributed by atoms with Crippen LogP contribution in [0.4, 0.5) is 5.82 Å². The minimum absolute atomic E-state index is 0.0528. The molecule has 2 fully saturated rings. The van der Waals surface area contributed by atoms with E-state index in [9.17, 15) is 4.79 Å². The van der Waals surface area contributed by atoms with Crippen LogP contribution in [0.15, 0.2) is 10.9 Å². The largest absolute Gasteiger partial charge is 0.355 e. The van der Waals surface area contributed by atoms with Gasteiger partial charge in [-0.1, -0.05) is 18.0 Å². The number of hydrogen-bond acceptors (Lipinski definition) is 6. The summed E-state index contributed by atoms with van der Waals surface area (Å²) in [6.07, 6.45) is 8.23. The van der Waals surface area contributed by atoms with Crippen molar-refractivity contribution in [2.45, 2.75) is 45.4 Å². The highest BCUT2D eigenvalue weighted by Crippen LogP contribution is 2.30. The van der Waals surface area contributed by atoms with E-state index in [0.717, 1.165) is 62.2 Å². The SMILES string of the molecule is Cc1noc2ncnc(N3CCCC(C(=O)N4CCCCCC4)C3)c12. The summed E-state index contributed by atoms with van der Waals surface area (Å²) < 4.78 is 5.26. The minimum atomic E-state index is 0.0528. The molecule has 2 saturated heterocycles. The molecule has 0 N–H and O–H groups in total. The van der Waals surface area contributed by atoms with Crippen molar-refractivity contribution in [2.75, 3.05) is 31.1 Å². The van der Waals surface area contributed by atoms with Crippen LogP contribution in [0, 0.1) is 12.8 Å². The lowest BCUT2D eigenvalue weighted by molar-refractivity contribution is -0.135. The Bertz CT molecular complexity index is 751. The van der Waals surface area contributed by atoms with E-state index in [0.29, 0.717) is 18.2 Å². The van der Waals surface area contributed by atoms with Gasteiger partial charge in [0.25, 0.3) is 5.71 Å². The smallest absolute Gasteiger partial charge is 0.263 e. The Kier molecular flexibility index (Phi) is 4.55. The van der Waals surface area contributed by atoms with Gasteiger partial charge in [-0.3, -0.25) is 4.79 Å². The van der Waals surface area contributed by atoms with Crippen LogP contribution in [0.3, 0.4) is 0 Å². The van der Waals surface area contributed by atoms with Gasteiger partial charge in [0.05, 0.1) is 11.6 Å². The number of rotatable bonds is 2. The lowest BCUT2D eigenvalue weighted by Gasteiger charge is -2.35. The molecule has 0 saturated carbocycles. The maximum absolute atomic E-state index is 13.0. The van der Waals surface area contributed by atoms with E-state index in [4.69, 9.17) is 4.52 Å². The predicted molar refractivity (Wildman–Crippen MR) is 94.3 cm³/mol. The number of likely N-dealkylation sites (tertiary alicyclic amines) is 1. The van der Waals surface area contributed by atoms with Crippen LogP contribution in [0.1, 0.15) is 44.2 Å². The quantitative estimate of drug-likeness (QED) is 0.834. The zero-order valence-corrected chi connectivity index (χ0v) is 14.8. The van der Waals surface area contributed by atoms with Gasteiger partial charge in [0, 0.05) is 26.2 Å². The molecule has 7 heteroatoms. The lowest BCUT2D eigenvalue weighted by atomic mass is 9.96. The van der Waals surface area contributed by atoms with Gasteiger partial charge in [0.2, 0.25) is 5.91 Å². The van der Waals surface area contributed by atoms with Gasteiger partial charge in [0.15, 0.2) is 0 Å². The molecule has 1 amide bonds. The van der Waals surface area contributed by atoms with Crippen molar-refractivity contribution in [3.63, 3.8) is 0 Å². The number of aromatic nitrogens is 3. The van der Waals surface area contributed by atoms with Crippen molar-refractivity contribution in [2.24, 2.45) is 5.92 Å². The summed E-state index contributed by atoms with van der Waals surface area (Å²) in [4.78, 5) is 25.9. The Morgan fingerprint density at radius 3 is 2.72 bits per heavy atom. The highest BCUT2D eigenvalue weighted by molar-refractivity contribution is 5.88. The molecule has 0 radical (unpaired) electrons. The van der Waals surface area contributed by atoms with Gasteiger partial charge >= 0.3 is 0 Å². The van der Waals surface area contributed by atoms with Gasteiger partial charge in [-0.05, 0) is 32.6 Å². The van der Waals surface area contributed by atoms with Crippen LogP contribution in [-0.2, 0) is 4.79 Å². The van der Waals surface area contributed by atoms with Crippen molar-refractivity contribution in [3.05, 3.63) is 12.0 Å². The third-order valence-electron chi connectivity index (χ3n) is 5.41. The zero-order chi connectivity index (χ0) is 17.2. The Hall–Kier alpha value is -2.18. The van der Waals surface area contributed by atoms with Gasteiger partial charge in [-0.25, -0.2) is 4.98 Å². The molecular weight excluding hydrogens is 318 g/mol. The molecule has 2 aliphatic rings. The summed E-state index contributed by atoms with van der Waals surface area (Å²) >= 11 is 0. The second-order valence-corrected chi connectivity index (χ2v) is 7.17. The molecule has 0 spiro atoms. The first kappa shape index (κ1) is 16.3. The van der Waals surface area contributed by atoms with Crippen molar-refractivity contribution in [3.8, 4) is 0 Å². The first-order valence-corrected chi connectivity index (χ1v) is 9.35. The van der Waals surface area contributed by atoms with Crippen LogP contribution < -0.4 is 4.90 Å². The normalized spacial score (nSPS) is 22.2. The first-order chi connectivity index (χ1) is 12.2. The molecule has 2 aromatic heterocycles. The number of piperidine rings is 1. The lowest BCUT2D eigenvalue weighted by Crippen LogP contribution is -2.45. The van der Waals surface area contributed by atoms with Gasteiger partial charge in [0.1, 0.15) is 17.5 Å². The van der Waals surface area contributed by atoms with Crippen molar-refractivity contribution in [1.29, 1.82) is 0 Å². The highest BCUT2D eigenvalue weighted by atomic mass is 16.5. The molecule has 0 aromatic carbocycles. The van der Waals surface area contributed by atoms with Crippen LogP contribution in [0.2, 0.25) is 0 Å². The summed E-state index contributed by atoms with van der Waals surface area (Å²) in [5.41, 5.74) is 1.31. The third-order valence-corrected chi connectivity index (χ3v) is 5.41. The maximum atomic E-state index is 13.0. The monoisotopic (exact) mass is 343 g/mol. The van der Waals surface area contributed by atoms with Crippen molar-refractivity contribution in [1.82, 2.24) is 20.0 Å². The van der Waals surface area contributed by atoms with Crippen molar-refractivity contribution < 1.29 is 9.32 Å². The molecule has 25 heavy (non-hydrogen) atoms. The number of carbonyl (C=O) groups is 1. The first-order valence-electron chi connectivity index (χ1n) is 9.35. The maximum Gasteiger partial charge on any atom is 0.263 e. The van der Waals surface area contributed by atoms with Crippen LogP contribution >= 0.6 is 0 Å². The average Bonchev–Trinajstić information content (AvgIpc) is 2.87. The fourth-order valence-electron chi connectivity index (χ4n) is 4.06. The Labute approximate surface area is 147 Å². The fourth-order valence-corrected chi connectivity index (χ4v) is 4.06. The molecule has 7 nitrogen and oxygen atoms in total. The van der Waals surface area contributed by atoms with Crippen LogP contribution in [-0.4, -0.2) is 52.1 Å². The van der Waals surface area contributed by atoms with Gasteiger partial charge in [-0.15, -0.1) is 0 Å². The summed E-state index contributed by atoms with van der Waals surface area (Å²) in [5, 5.41) is 4.88. The van der Waals surface area contributed by atoms with Gasteiger partial charge < -0.3 is 14.3 Å². The van der Waals surface area contributed by atoms with Crippen molar-refractivity contribution >= 4 is 22.8 Å². The third kappa shape index (κ3) is 3.19. The second-order valence-electron chi connectivity index (χ2n) is 7.17. The highest BCUT2D eigenvalue weighted by Gasteiger charge is 2.31. The second kappa shape index (κ2) is 6.98. The molecule has 0 aliphatic carbocycles. The topological polar surface area (TPSA) is 75.4 Å². The molecule has 0 bridgehead atoms. The average molecular weight is 343 g/mol. The summed E-state index contributed by atoms with van der Waals surface area (Å²) in [6.45, 7) is 5.35. The fraction of sp³-hybridized carbons (Fsp3) is 0.667. The molecule has 4 heterocycles. The number of fused-ring (bicyclic) bond motifs is 1. The molecular formula is C18H25N5O2. The van der Waals surface area contributed by atoms with E-state index < -0.39 is 0 Å². The van der Waals surface area contributed by atoms with E-state index in [1.807, 2.05) is 6.92 Å². The number of amides is 1. The molecule has 2 aromatic rings. The number of anilines is 1. The van der Waals surface area contributed by atoms with Crippen LogP contribution in [0.5, 0.6) is 0 Å². The van der Waals surface area contributed by atoms with Gasteiger partial charge in [-0.2, -0.15) is 4.98 Å². The molecule has 1 unspecified atom stereocenters. The van der Waals surface area contributed by atoms with E-state index in [2.05, 4.69) is 24.9 Å². The molecule has 1 atom stereocenters. The summed E-state index contributed by atoms with van der Waals surface area (Å²) in [6, 6.07) is 0. The summed E-state index contributed by atoms with van der Waals surface area (Å²) in [5.74, 6) is 1.22. The Balaban J connectivity index is 1.54.